The van der Waals surface area contributed by atoms with Crippen LogP contribution in [0.5, 0.6) is 0 Å². The van der Waals surface area contributed by atoms with Gasteiger partial charge < -0.3 is 0 Å². The maximum atomic E-state index is 13.0. The van der Waals surface area contributed by atoms with Gasteiger partial charge in [0.15, 0.2) is 11.7 Å². The highest BCUT2D eigenvalue weighted by atomic mass is 32.2. The number of hydrogen-bond donors (Lipinski definition) is 1. The van der Waals surface area contributed by atoms with Crippen molar-refractivity contribution < 1.29 is 17.6 Å². The molecule has 1 atom stereocenters. The highest BCUT2D eigenvalue weighted by Gasteiger charge is 2.25. The van der Waals surface area contributed by atoms with Gasteiger partial charge in [0, 0.05) is 11.3 Å². The van der Waals surface area contributed by atoms with Crippen LogP contribution in [0.2, 0.25) is 0 Å². The third-order valence-corrected chi connectivity index (χ3v) is 6.99. The van der Waals surface area contributed by atoms with E-state index in [1.807, 2.05) is 30.3 Å². The molecule has 31 heavy (non-hydrogen) atoms. The number of hydrogen-bond acceptors (Lipinski definition) is 6. The number of fused-ring (bicyclic) bond motifs is 1. The van der Waals surface area contributed by atoms with E-state index in [9.17, 15) is 22.9 Å². The van der Waals surface area contributed by atoms with Crippen molar-refractivity contribution in [1.82, 2.24) is 4.98 Å². The summed E-state index contributed by atoms with van der Waals surface area (Å²) in [5.41, 5.74) is 1.21. The van der Waals surface area contributed by atoms with Crippen LogP contribution < -0.4 is 4.72 Å². The van der Waals surface area contributed by atoms with E-state index >= 15 is 0 Å². The molecule has 0 aliphatic rings. The van der Waals surface area contributed by atoms with Gasteiger partial charge in [-0.1, -0.05) is 12.1 Å². The number of sulfonamides is 1. The van der Waals surface area contributed by atoms with E-state index in [2.05, 4.69) is 9.71 Å². The van der Waals surface area contributed by atoms with E-state index in [4.69, 9.17) is 0 Å². The third-order valence-electron chi connectivity index (χ3n) is 4.49. The maximum absolute atomic E-state index is 13.0. The topological polar surface area (TPSA) is 99.9 Å². The summed E-state index contributed by atoms with van der Waals surface area (Å²) in [6, 6.07) is 19.6. The molecule has 0 saturated heterocycles. The summed E-state index contributed by atoms with van der Waals surface area (Å²) in [5, 5.41) is 9.98. The minimum absolute atomic E-state index is 0.0885. The molecule has 0 saturated carbocycles. The average Bonchev–Trinajstić information content (AvgIpc) is 3.18. The SMILES string of the molecule is N#C[C@@H](C(=O)c1ccc(NS(=O)(=O)c2ccc(F)cc2)cc1)c1nc2ccccc2s1. The largest absolute Gasteiger partial charge is 0.292 e. The Labute approximate surface area is 181 Å². The minimum atomic E-state index is -3.90. The second-order valence-corrected chi connectivity index (χ2v) is 9.33. The molecular formula is C22H14FN3O3S2. The lowest BCUT2D eigenvalue weighted by Gasteiger charge is -2.09. The van der Waals surface area contributed by atoms with Crippen molar-refractivity contribution in [3.8, 4) is 6.07 Å². The van der Waals surface area contributed by atoms with Crippen molar-refractivity contribution in [2.24, 2.45) is 0 Å². The number of aromatic nitrogens is 1. The molecule has 6 nitrogen and oxygen atoms in total. The summed E-state index contributed by atoms with van der Waals surface area (Å²) >= 11 is 1.29. The first-order valence-electron chi connectivity index (χ1n) is 9.05. The Balaban J connectivity index is 1.54. The number of carbonyl (C=O) groups excluding carboxylic acids is 1. The molecule has 1 N–H and O–H groups in total. The van der Waals surface area contributed by atoms with Crippen LogP contribution in [0.4, 0.5) is 10.1 Å². The molecule has 9 heteroatoms. The van der Waals surface area contributed by atoms with Crippen molar-refractivity contribution in [3.05, 3.63) is 89.2 Å². The summed E-state index contributed by atoms with van der Waals surface area (Å²) in [6.45, 7) is 0. The number of benzene rings is 3. The molecule has 4 aromatic rings. The summed E-state index contributed by atoms with van der Waals surface area (Å²) in [5.74, 6) is -2.02. The fourth-order valence-corrected chi connectivity index (χ4v) is 5.01. The van der Waals surface area contributed by atoms with Gasteiger partial charge in [-0.2, -0.15) is 5.26 Å². The molecule has 3 aromatic carbocycles. The van der Waals surface area contributed by atoms with Gasteiger partial charge in [-0.05, 0) is 60.7 Å². The maximum Gasteiger partial charge on any atom is 0.261 e. The molecule has 0 unspecified atom stereocenters. The number of nitriles is 1. The molecule has 0 aliphatic carbocycles. The van der Waals surface area contributed by atoms with Crippen molar-refractivity contribution in [2.75, 3.05) is 4.72 Å². The van der Waals surface area contributed by atoms with Gasteiger partial charge in [-0.3, -0.25) is 9.52 Å². The van der Waals surface area contributed by atoms with Gasteiger partial charge in [-0.25, -0.2) is 17.8 Å². The van der Waals surface area contributed by atoms with Crippen molar-refractivity contribution in [1.29, 1.82) is 5.26 Å². The minimum Gasteiger partial charge on any atom is -0.292 e. The number of Topliss-reactive ketones (excluding diaryl/α,β-unsaturated/α-hetero) is 1. The Bertz CT molecular complexity index is 1370. The Kier molecular flexibility index (Phi) is 5.50. The van der Waals surface area contributed by atoms with Crippen LogP contribution in [0.3, 0.4) is 0 Å². The predicted molar refractivity (Wildman–Crippen MR) is 116 cm³/mol. The average molecular weight is 452 g/mol. The van der Waals surface area contributed by atoms with Crippen LogP contribution in [0.25, 0.3) is 10.2 Å². The molecular weight excluding hydrogens is 437 g/mol. The van der Waals surface area contributed by atoms with E-state index < -0.39 is 27.5 Å². The normalized spacial score (nSPS) is 12.3. The fourth-order valence-electron chi connectivity index (χ4n) is 2.94. The van der Waals surface area contributed by atoms with E-state index in [-0.39, 0.29) is 16.1 Å². The number of thiazole rings is 1. The van der Waals surface area contributed by atoms with Crippen LogP contribution in [-0.2, 0) is 10.0 Å². The fraction of sp³-hybridized carbons (Fsp3) is 0.0455. The highest BCUT2D eigenvalue weighted by Crippen LogP contribution is 2.29. The number of nitrogens with one attached hydrogen (secondary N) is 1. The first-order valence-corrected chi connectivity index (χ1v) is 11.3. The van der Waals surface area contributed by atoms with Gasteiger partial charge in [0.2, 0.25) is 0 Å². The Morgan fingerprint density at radius 3 is 2.35 bits per heavy atom. The van der Waals surface area contributed by atoms with Crippen molar-refractivity contribution in [2.45, 2.75) is 10.8 Å². The number of nitrogens with zero attached hydrogens (tertiary/aromatic N) is 2. The lowest BCUT2D eigenvalue weighted by Crippen LogP contribution is -2.14. The molecule has 154 valence electrons. The predicted octanol–water partition coefficient (Wildman–Crippen LogP) is 4.73. The van der Waals surface area contributed by atoms with Crippen LogP contribution in [0, 0.1) is 17.1 Å². The van der Waals surface area contributed by atoms with Crippen molar-refractivity contribution >= 4 is 43.0 Å². The van der Waals surface area contributed by atoms with Crippen LogP contribution >= 0.6 is 11.3 Å². The van der Waals surface area contributed by atoms with Gasteiger partial charge in [0.1, 0.15) is 10.8 Å². The van der Waals surface area contributed by atoms with Crippen LogP contribution in [0.1, 0.15) is 21.3 Å². The monoisotopic (exact) mass is 451 g/mol. The molecule has 0 bridgehead atoms. The Hall–Kier alpha value is -3.61. The lowest BCUT2D eigenvalue weighted by atomic mass is 9.99. The zero-order valence-corrected chi connectivity index (χ0v) is 17.5. The van der Waals surface area contributed by atoms with E-state index in [0.29, 0.717) is 5.01 Å². The second kappa shape index (κ2) is 8.26. The number of ketones is 1. The van der Waals surface area contributed by atoms with Crippen molar-refractivity contribution in [3.63, 3.8) is 0 Å². The lowest BCUT2D eigenvalue weighted by molar-refractivity contribution is 0.0979. The quantitative estimate of drug-likeness (QED) is 0.427. The smallest absolute Gasteiger partial charge is 0.261 e. The second-order valence-electron chi connectivity index (χ2n) is 6.58. The first-order chi connectivity index (χ1) is 14.9. The van der Waals surface area contributed by atoms with E-state index in [1.54, 1.807) is 0 Å². The summed E-state index contributed by atoms with van der Waals surface area (Å²) in [7, 11) is -3.90. The number of rotatable bonds is 6. The summed E-state index contributed by atoms with van der Waals surface area (Å²) < 4.78 is 41.1. The highest BCUT2D eigenvalue weighted by molar-refractivity contribution is 7.92. The summed E-state index contributed by atoms with van der Waals surface area (Å²) in [4.78, 5) is 17.2. The zero-order chi connectivity index (χ0) is 22.0. The Morgan fingerprint density at radius 2 is 1.71 bits per heavy atom. The molecule has 0 fully saturated rings. The molecule has 0 radical (unpaired) electrons. The van der Waals surface area contributed by atoms with Gasteiger partial charge >= 0.3 is 0 Å². The molecule has 1 aromatic heterocycles. The van der Waals surface area contributed by atoms with Crippen LogP contribution in [0.15, 0.2) is 77.7 Å². The van der Waals surface area contributed by atoms with Gasteiger partial charge in [0.25, 0.3) is 10.0 Å². The Morgan fingerprint density at radius 1 is 1.03 bits per heavy atom. The molecule has 1 heterocycles. The van der Waals surface area contributed by atoms with Gasteiger partial charge in [0.05, 0.1) is 21.2 Å². The van der Waals surface area contributed by atoms with E-state index in [1.165, 1.54) is 35.6 Å². The standard InChI is InChI=1S/C22H14FN3O3S2/c23-15-7-11-17(12-8-15)31(28,29)26-16-9-5-14(6-10-16)21(27)18(13-24)22-25-19-3-1-2-4-20(19)30-22/h1-12,18,26H/t18-/m0/s1. The third kappa shape index (κ3) is 4.30. The summed E-state index contributed by atoms with van der Waals surface area (Å²) in [6.07, 6.45) is 0. The molecule has 4 rings (SSSR count). The zero-order valence-electron chi connectivity index (χ0n) is 15.8. The van der Waals surface area contributed by atoms with Gasteiger partial charge in [-0.15, -0.1) is 11.3 Å². The number of para-hydroxylation sites is 1. The van der Waals surface area contributed by atoms with E-state index in [0.717, 1.165) is 34.5 Å². The number of carbonyl (C=O) groups is 1. The molecule has 0 amide bonds. The van der Waals surface area contributed by atoms with Crippen LogP contribution in [-0.4, -0.2) is 19.2 Å². The molecule has 0 aliphatic heterocycles. The first kappa shape index (κ1) is 20.7. The number of anilines is 1. The number of halogens is 1. The molecule has 0 spiro atoms.